The molecule has 0 radical (unpaired) electrons. The maximum Gasteiger partial charge on any atom is 0.344 e. The summed E-state index contributed by atoms with van der Waals surface area (Å²) in [6.45, 7) is 0. The Balaban J connectivity index is 1.65. The predicted octanol–water partition coefficient (Wildman–Crippen LogP) is 4.71. The van der Waals surface area contributed by atoms with E-state index in [1.54, 1.807) is 43.3 Å². The van der Waals surface area contributed by atoms with E-state index in [4.69, 9.17) is 19.6 Å². The lowest BCUT2D eigenvalue weighted by Gasteiger charge is -2.26. The molecule has 0 spiro atoms. The molecule has 34 heavy (non-hydrogen) atoms. The number of allylic oxidation sites excluding steroid dienone is 1. The Hall–Kier alpha value is -4.22. The number of aromatic nitrogens is 1. The van der Waals surface area contributed by atoms with Gasteiger partial charge in [0.2, 0.25) is 5.88 Å². The molecular formula is C26H19N3O4S. The van der Waals surface area contributed by atoms with E-state index < -0.39 is 11.5 Å². The lowest BCUT2D eigenvalue weighted by molar-refractivity contribution is 0.388. The van der Waals surface area contributed by atoms with Crippen LogP contribution in [0, 0.1) is 11.3 Å². The fourth-order valence-electron chi connectivity index (χ4n) is 4.07. The monoisotopic (exact) mass is 469 g/mol. The summed E-state index contributed by atoms with van der Waals surface area (Å²) in [5.74, 6) is 0.821. The van der Waals surface area contributed by atoms with E-state index >= 15 is 0 Å². The highest BCUT2D eigenvalue weighted by Crippen LogP contribution is 2.44. The van der Waals surface area contributed by atoms with E-state index in [9.17, 15) is 10.1 Å². The molecule has 0 fully saturated rings. The van der Waals surface area contributed by atoms with Crippen molar-refractivity contribution < 1.29 is 13.9 Å². The number of hydrogen-bond donors (Lipinski definition) is 1. The van der Waals surface area contributed by atoms with Crippen LogP contribution < -0.4 is 20.8 Å². The van der Waals surface area contributed by atoms with E-state index in [1.165, 1.54) is 0 Å². The van der Waals surface area contributed by atoms with Gasteiger partial charge in [-0.1, -0.05) is 30.3 Å². The third-order valence-electron chi connectivity index (χ3n) is 5.63. The summed E-state index contributed by atoms with van der Waals surface area (Å²) in [6, 6.07) is 20.5. The van der Waals surface area contributed by atoms with Gasteiger partial charge in [-0.05, 0) is 35.9 Å². The zero-order chi connectivity index (χ0) is 23.7. The minimum atomic E-state index is -0.737. The number of para-hydroxylation sites is 1. The molecule has 1 aliphatic heterocycles. The fraction of sp³-hybridized carbons (Fsp3) is 0.115. The minimum Gasteiger partial charge on any atom is -0.496 e. The van der Waals surface area contributed by atoms with Gasteiger partial charge in [0.1, 0.15) is 23.0 Å². The number of nitrogens with zero attached hydrogens (tertiary/aromatic N) is 2. The van der Waals surface area contributed by atoms with Gasteiger partial charge in [0.15, 0.2) is 5.75 Å². The average molecular weight is 470 g/mol. The van der Waals surface area contributed by atoms with Crippen LogP contribution in [0.3, 0.4) is 0 Å². The lowest BCUT2D eigenvalue weighted by Crippen LogP contribution is -2.26. The summed E-state index contributed by atoms with van der Waals surface area (Å²) in [4.78, 5) is 17.4. The molecule has 8 heteroatoms. The van der Waals surface area contributed by atoms with Gasteiger partial charge in [-0.25, -0.2) is 9.78 Å². The molecule has 0 unspecified atom stereocenters. The number of nitrogens with two attached hydrogens (primary N) is 1. The number of hydrogen-bond acceptors (Lipinski definition) is 8. The molecule has 3 heterocycles. The Labute approximate surface area is 199 Å². The number of ether oxygens (including phenoxy) is 2. The van der Waals surface area contributed by atoms with Crippen molar-refractivity contribution in [3.63, 3.8) is 0 Å². The van der Waals surface area contributed by atoms with Crippen LogP contribution in [-0.4, -0.2) is 12.1 Å². The molecular weight excluding hydrogens is 450 g/mol. The first-order chi connectivity index (χ1) is 16.6. The van der Waals surface area contributed by atoms with Gasteiger partial charge in [-0.15, -0.1) is 11.8 Å². The molecule has 5 rings (SSSR count). The summed E-state index contributed by atoms with van der Waals surface area (Å²) in [5, 5.41) is 11.4. The molecule has 7 nitrogen and oxygen atoms in total. The lowest BCUT2D eigenvalue weighted by atomic mass is 9.83. The van der Waals surface area contributed by atoms with Crippen molar-refractivity contribution in [1.29, 1.82) is 5.26 Å². The second-order valence-corrected chi connectivity index (χ2v) is 8.58. The molecule has 1 aliphatic rings. The molecule has 4 aromatic rings. The second kappa shape index (κ2) is 8.96. The fourth-order valence-corrected chi connectivity index (χ4v) is 4.91. The summed E-state index contributed by atoms with van der Waals surface area (Å²) >= 11 is 1.56. The van der Waals surface area contributed by atoms with Crippen LogP contribution in [0.15, 0.2) is 92.6 Å². The first-order valence-corrected chi connectivity index (χ1v) is 11.4. The number of methoxy groups -OCH3 is 1. The second-order valence-electron chi connectivity index (χ2n) is 7.58. The van der Waals surface area contributed by atoms with Crippen LogP contribution in [0.1, 0.15) is 22.6 Å². The minimum absolute atomic E-state index is 0.0315. The molecule has 2 aromatic carbocycles. The highest BCUT2D eigenvalue weighted by molar-refractivity contribution is 7.98. The molecule has 0 bridgehead atoms. The van der Waals surface area contributed by atoms with Gasteiger partial charge in [0, 0.05) is 17.5 Å². The van der Waals surface area contributed by atoms with Crippen molar-refractivity contribution in [3.8, 4) is 17.6 Å². The highest BCUT2D eigenvalue weighted by atomic mass is 32.2. The third kappa shape index (κ3) is 3.76. The molecule has 0 saturated heterocycles. The molecule has 168 valence electrons. The maximum atomic E-state index is 13.1. The van der Waals surface area contributed by atoms with E-state index in [2.05, 4.69) is 11.1 Å². The van der Waals surface area contributed by atoms with E-state index in [-0.39, 0.29) is 17.0 Å². The van der Waals surface area contributed by atoms with Crippen LogP contribution >= 0.6 is 11.8 Å². The van der Waals surface area contributed by atoms with Crippen LogP contribution in [0.4, 0.5) is 0 Å². The van der Waals surface area contributed by atoms with Gasteiger partial charge >= 0.3 is 5.63 Å². The zero-order valence-corrected chi connectivity index (χ0v) is 19.0. The quantitative estimate of drug-likeness (QED) is 0.330. The van der Waals surface area contributed by atoms with Crippen LogP contribution in [0.5, 0.6) is 11.5 Å². The average Bonchev–Trinajstić information content (AvgIpc) is 2.87. The summed E-state index contributed by atoms with van der Waals surface area (Å²) in [7, 11) is 1.60. The van der Waals surface area contributed by atoms with Crippen molar-refractivity contribution in [1.82, 2.24) is 4.98 Å². The van der Waals surface area contributed by atoms with Crippen molar-refractivity contribution in [2.75, 3.05) is 7.11 Å². The molecule has 2 aromatic heterocycles. The Kier molecular flexibility index (Phi) is 5.70. The Morgan fingerprint density at radius 2 is 2.00 bits per heavy atom. The Bertz CT molecular complexity index is 1520. The summed E-state index contributed by atoms with van der Waals surface area (Å²) in [6.07, 6.45) is 1.74. The third-order valence-corrected chi connectivity index (χ3v) is 6.62. The van der Waals surface area contributed by atoms with Crippen LogP contribution in [-0.2, 0) is 5.75 Å². The van der Waals surface area contributed by atoms with Crippen LogP contribution in [0.25, 0.3) is 11.0 Å². The molecule has 0 aliphatic carbocycles. The summed E-state index contributed by atoms with van der Waals surface area (Å²) in [5.41, 5.74) is 8.00. The first-order valence-electron chi connectivity index (χ1n) is 10.4. The molecule has 1 atom stereocenters. The van der Waals surface area contributed by atoms with Gasteiger partial charge < -0.3 is 19.6 Å². The smallest absolute Gasteiger partial charge is 0.344 e. The van der Waals surface area contributed by atoms with Gasteiger partial charge in [0.25, 0.3) is 0 Å². The van der Waals surface area contributed by atoms with Crippen LogP contribution in [0.2, 0.25) is 0 Å². The Morgan fingerprint density at radius 3 is 2.76 bits per heavy atom. The SMILES string of the molecule is COc1ccc([C@@H]2C(C#N)=C(N)Oc3c2c(=O)oc2ccccc32)cc1CSc1ccccn1. The predicted molar refractivity (Wildman–Crippen MR) is 129 cm³/mol. The number of nitriles is 1. The van der Waals surface area contributed by atoms with E-state index in [0.717, 1.165) is 10.6 Å². The topological polar surface area (TPSA) is 111 Å². The molecule has 0 saturated carbocycles. The number of benzene rings is 2. The molecule has 0 amide bonds. The van der Waals surface area contributed by atoms with E-state index in [0.29, 0.717) is 33.8 Å². The van der Waals surface area contributed by atoms with E-state index in [1.807, 2.05) is 42.5 Å². The van der Waals surface area contributed by atoms with Crippen molar-refractivity contribution in [3.05, 3.63) is 105 Å². The largest absolute Gasteiger partial charge is 0.496 e. The van der Waals surface area contributed by atoms with Crippen molar-refractivity contribution >= 4 is 22.7 Å². The summed E-state index contributed by atoms with van der Waals surface area (Å²) < 4.78 is 16.9. The number of fused-ring (bicyclic) bond motifs is 3. The first kappa shape index (κ1) is 21.6. The Morgan fingerprint density at radius 1 is 1.18 bits per heavy atom. The van der Waals surface area contributed by atoms with Gasteiger partial charge in [-0.3, -0.25) is 0 Å². The maximum absolute atomic E-state index is 13.1. The molecule has 2 N–H and O–H groups in total. The zero-order valence-electron chi connectivity index (χ0n) is 18.1. The standard InChI is InChI=1S/C26H19N3O4S/c1-31-19-10-9-15(12-16(19)14-34-21-8-4-5-11-29-21)22-18(13-27)25(28)33-24-17-6-2-3-7-20(17)32-26(30)23(22)24/h2-12,22H,14,28H2,1H3/t22-/m1/s1. The normalized spacial score (nSPS) is 14.9. The number of thioether (sulfide) groups is 1. The van der Waals surface area contributed by atoms with Crippen molar-refractivity contribution in [2.45, 2.75) is 16.7 Å². The highest BCUT2D eigenvalue weighted by Gasteiger charge is 2.35. The number of rotatable bonds is 5. The number of pyridine rings is 1. The van der Waals surface area contributed by atoms with Gasteiger partial charge in [-0.2, -0.15) is 5.26 Å². The van der Waals surface area contributed by atoms with Gasteiger partial charge in [0.05, 0.1) is 29.0 Å². The van der Waals surface area contributed by atoms with Crippen molar-refractivity contribution in [2.24, 2.45) is 5.73 Å².